The number of nitro groups is 1. The van der Waals surface area contributed by atoms with Gasteiger partial charge in [-0.3, -0.25) is 14.9 Å². The minimum absolute atomic E-state index is 0.0681. The number of hydrogen-bond acceptors (Lipinski definition) is 6. The second kappa shape index (κ2) is 6.52. The second-order valence-electron chi connectivity index (χ2n) is 6.64. The Morgan fingerprint density at radius 1 is 1.31 bits per heavy atom. The van der Waals surface area contributed by atoms with Crippen LogP contribution in [0.2, 0.25) is 0 Å². The number of rotatable bonds is 5. The lowest BCUT2D eigenvalue weighted by atomic mass is 10.1. The van der Waals surface area contributed by atoms with Crippen molar-refractivity contribution in [1.82, 2.24) is 9.78 Å². The van der Waals surface area contributed by atoms with Crippen LogP contribution in [0, 0.1) is 16.0 Å². The maximum absolute atomic E-state index is 12.2. The van der Waals surface area contributed by atoms with E-state index in [1.54, 1.807) is 0 Å². The lowest BCUT2D eigenvalue weighted by Gasteiger charge is -2.12. The zero-order valence-electron chi connectivity index (χ0n) is 14.3. The van der Waals surface area contributed by atoms with Crippen LogP contribution >= 0.6 is 0 Å². The van der Waals surface area contributed by atoms with Crippen molar-refractivity contribution in [3.05, 3.63) is 45.6 Å². The van der Waals surface area contributed by atoms with Gasteiger partial charge in [-0.15, -0.1) is 0 Å². The van der Waals surface area contributed by atoms with Gasteiger partial charge < -0.3 is 5.32 Å². The van der Waals surface area contributed by atoms with E-state index in [2.05, 4.69) is 10.4 Å². The molecule has 0 saturated carbocycles. The molecule has 1 aromatic heterocycles. The number of nitrogens with one attached hydrogen (secondary N) is 1. The quantitative estimate of drug-likeness (QED) is 0.628. The number of benzene rings is 1. The summed E-state index contributed by atoms with van der Waals surface area (Å²) in [5, 5.41) is 17.9. The van der Waals surface area contributed by atoms with Crippen LogP contribution < -0.4 is 5.32 Å². The van der Waals surface area contributed by atoms with Crippen LogP contribution in [0.3, 0.4) is 0 Å². The van der Waals surface area contributed by atoms with Crippen LogP contribution in [0.4, 0.5) is 11.5 Å². The number of carbonyl (C=O) groups is 1. The molecule has 0 unspecified atom stereocenters. The fourth-order valence-electron chi connectivity index (χ4n) is 2.83. The highest BCUT2D eigenvalue weighted by atomic mass is 32.2. The highest BCUT2D eigenvalue weighted by molar-refractivity contribution is 7.90. The number of nitrogens with zero attached hydrogens (tertiary/aromatic N) is 3. The van der Waals surface area contributed by atoms with Crippen molar-refractivity contribution in [1.29, 1.82) is 0 Å². The first-order valence-corrected chi connectivity index (χ1v) is 9.84. The van der Waals surface area contributed by atoms with Gasteiger partial charge in [0.15, 0.2) is 9.84 Å². The standard InChI is InChI=1S/C16H18N4O5S/c1-10(2)7-15(21)17-16-13-8-26(24,25)9-14(13)18-19(16)11-3-5-12(6-4-11)20(22)23/h3-6,10H,7-9H2,1-2H3,(H,17,21). The molecule has 0 radical (unpaired) electrons. The Labute approximate surface area is 150 Å². The van der Waals surface area contributed by atoms with Crippen molar-refractivity contribution in [2.75, 3.05) is 5.32 Å². The van der Waals surface area contributed by atoms with Crippen LogP contribution in [0.25, 0.3) is 5.69 Å². The van der Waals surface area contributed by atoms with Crippen molar-refractivity contribution < 1.29 is 18.1 Å². The Morgan fingerprint density at radius 2 is 1.96 bits per heavy atom. The molecule has 1 aliphatic heterocycles. The number of nitro benzene ring substituents is 1. The first-order valence-electron chi connectivity index (χ1n) is 8.02. The molecule has 0 atom stereocenters. The molecule has 0 spiro atoms. The zero-order valence-corrected chi connectivity index (χ0v) is 15.1. The van der Waals surface area contributed by atoms with E-state index in [0.717, 1.165) is 0 Å². The van der Waals surface area contributed by atoms with Crippen LogP contribution in [0.5, 0.6) is 0 Å². The van der Waals surface area contributed by atoms with E-state index in [1.807, 2.05) is 13.8 Å². The summed E-state index contributed by atoms with van der Waals surface area (Å²) in [6, 6.07) is 5.68. The maximum atomic E-state index is 12.2. The number of carbonyl (C=O) groups excluding carboxylic acids is 1. The van der Waals surface area contributed by atoms with Gasteiger partial charge in [0.2, 0.25) is 5.91 Å². The van der Waals surface area contributed by atoms with Gasteiger partial charge in [0, 0.05) is 24.1 Å². The lowest BCUT2D eigenvalue weighted by Crippen LogP contribution is -2.18. The topological polar surface area (TPSA) is 124 Å². The Bertz CT molecular complexity index is 977. The van der Waals surface area contributed by atoms with Crippen LogP contribution in [0.1, 0.15) is 31.5 Å². The molecule has 1 aliphatic rings. The summed E-state index contributed by atoms with van der Waals surface area (Å²) in [5.41, 5.74) is 1.30. The predicted octanol–water partition coefficient (Wildman–Crippen LogP) is 2.19. The highest BCUT2D eigenvalue weighted by Gasteiger charge is 2.33. The zero-order chi connectivity index (χ0) is 19.1. The Hall–Kier alpha value is -2.75. The average Bonchev–Trinajstić information content (AvgIpc) is 2.99. The minimum atomic E-state index is -3.28. The van der Waals surface area contributed by atoms with E-state index in [4.69, 9.17) is 0 Å². The fraction of sp³-hybridized carbons (Fsp3) is 0.375. The van der Waals surface area contributed by atoms with Gasteiger partial charge in [0.25, 0.3) is 5.69 Å². The van der Waals surface area contributed by atoms with E-state index in [-0.39, 0.29) is 35.4 Å². The van der Waals surface area contributed by atoms with Gasteiger partial charge in [0.1, 0.15) is 5.82 Å². The third kappa shape index (κ3) is 3.59. The largest absolute Gasteiger partial charge is 0.310 e. The number of non-ortho nitro benzene ring substituents is 1. The molecule has 138 valence electrons. The molecular weight excluding hydrogens is 360 g/mol. The number of aromatic nitrogens is 2. The summed E-state index contributed by atoms with van der Waals surface area (Å²) in [4.78, 5) is 22.5. The number of hydrogen-bond donors (Lipinski definition) is 1. The molecule has 3 rings (SSSR count). The molecule has 2 heterocycles. The molecule has 1 amide bonds. The molecule has 2 aromatic rings. The van der Waals surface area contributed by atoms with Crippen molar-refractivity contribution in [3.63, 3.8) is 0 Å². The SMILES string of the molecule is CC(C)CC(=O)Nc1c2c(nn1-c1ccc([N+](=O)[O-])cc1)CS(=O)(=O)C2. The number of anilines is 1. The summed E-state index contributed by atoms with van der Waals surface area (Å²) in [7, 11) is -3.28. The molecule has 0 bridgehead atoms. The molecule has 26 heavy (non-hydrogen) atoms. The number of amides is 1. The van der Waals surface area contributed by atoms with Gasteiger partial charge in [0.05, 0.1) is 27.8 Å². The van der Waals surface area contributed by atoms with Crippen LogP contribution in [-0.4, -0.2) is 29.0 Å². The summed E-state index contributed by atoms with van der Waals surface area (Å²) in [6.07, 6.45) is 0.285. The Morgan fingerprint density at radius 3 is 2.54 bits per heavy atom. The van der Waals surface area contributed by atoms with Gasteiger partial charge in [-0.2, -0.15) is 5.10 Å². The third-order valence-electron chi connectivity index (χ3n) is 3.94. The number of fused-ring (bicyclic) bond motifs is 1. The van der Waals surface area contributed by atoms with E-state index in [1.165, 1.54) is 28.9 Å². The minimum Gasteiger partial charge on any atom is -0.310 e. The van der Waals surface area contributed by atoms with Crippen molar-refractivity contribution >= 4 is 27.2 Å². The number of sulfone groups is 1. The van der Waals surface area contributed by atoms with E-state index < -0.39 is 14.8 Å². The molecule has 10 heteroatoms. The summed E-state index contributed by atoms with van der Waals surface area (Å²) < 4.78 is 25.2. The second-order valence-corrected chi connectivity index (χ2v) is 8.70. The third-order valence-corrected chi connectivity index (χ3v) is 5.39. The van der Waals surface area contributed by atoms with Crippen molar-refractivity contribution in [2.24, 2.45) is 5.92 Å². The van der Waals surface area contributed by atoms with Gasteiger partial charge >= 0.3 is 0 Å². The van der Waals surface area contributed by atoms with Gasteiger partial charge in [-0.1, -0.05) is 13.8 Å². The Balaban J connectivity index is 2.02. The van der Waals surface area contributed by atoms with Gasteiger partial charge in [-0.05, 0) is 18.1 Å². The molecule has 0 saturated heterocycles. The van der Waals surface area contributed by atoms with Crippen LogP contribution in [-0.2, 0) is 26.1 Å². The average molecular weight is 378 g/mol. The summed E-state index contributed by atoms with van der Waals surface area (Å²) in [6.45, 7) is 3.81. The van der Waals surface area contributed by atoms with E-state index in [9.17, 15) is 23.3 Å². The molecular formula is C16H18N4O5S. The van der Waals surface area contributed by atoms with Gasteiger partial charge in [-0.25, -0.2) is 13.1 Å². The normalized spacial score (nSPS) is 15.0. The first kappa shape index (κ1) is 18.1. The highest BCUT2D eigenvalue weighted by Crippen LogP contribution is 2.33. The van der Waals surface area contributed by atoms with E-state index in [0.29, 0.717) is 22.8 Å². The molecule has 0 fully saturated rings. The monoisotopic (exact) mass is 378 g/mol. The first-order chi connectivity index (χ1) is 12.2. The fourth-order valence-corrected chi connectivity index (χ4v) is 4.32. The maximum Gasteiger partial charge on any atom is 0.269 e. The Kier molecular flexibility index (Phi) is 4.53. The molecule has 0 aliphatic carbocycles. The molecule has 9 nitrogen and oxygen atoms in total. The lowest BCUT2D eigenvalue weighted by molar-refractivity contribution is -0.384. The van der Waals surface area contributed by atoms with Crippen molar-refractivity contribution in [3.8, 4) is 5.69 Å². The smallest absolute Gasteiger partial charge is 0.269 e. The summed E-state index contributed by atoms with van der Waals surface area (Å²) in [5.74, 6) is -0.166. The molecule has 1 aromatic carbocycles. The summed E-state index contributed by atoms with van der Waals surface area (Å²) >= 11 is 0. The van der Waals surface area contributed by atoms with E-state index >= 15 is 0 Å². The van der Waals surface area contributed by atoms with Crippen LogP contribution in [0.15, 0.2) is 24.3 Å². The predicted molar refractivity (Wildman–Crippen MR) is 94.6 cm³/mol. The van der Waals surface area contributed by atoms with Crippen molar-refractivity contribution in [2.45, 2.75) is 31.8 Å². The molecule has 1 N–H and O–H groups in total.